The second-order valence-corrected chi connectivity index (χ2v) is 5.30. The maximum atomic E-state index is 8.98. The van der Waals surface area contributed by atoms with Crippen LogP contribution in [0, 0.1) is 11.5 Å². The summed E-state index contributed by atoms with van der Waals surface area (Å²) in [6.07, 6.45) is 2.08. The molecule has 0 atom stereocenters. The van der Waals surface area contributed by atoms with Crippen LogP contribution in [0.3, 0.4) is 0 Å². The third kappa shape index (κ3) is 3.00. The molecule has 0 radical (unpaired) electrons. The molecule has 1 aliphatic heterocycles. The standard InChI is InChI=1S/C16H13N3O2S/c1-20-15-4-2-3-14(18-15)12-5-7-13(8-6-12)21-16-9-22-11-19(16)10-17/h2-9H,11H2,1H3. The Bertz CT molecular complexity index is 738. The maximum Gasteiger partial charge on any atom is 0.216 e. The van der Waals surface area contributed by atoms with Gasteiger partial charge in [0.25, 0.3) is 0 Å². The van der Waals surface area contributed by atoms with Gasteiger partial charge < -0.3 is 9.47 Å². The molecule has 3 rings (SSSR count). The normalized spacial score (nSPS) is 13.5. The van der Waals surface area contributed by atoms with Crippen molar-refractivity contribution in [3.8, 4) is 29.1 Å². The highest BCUT2D eigenvalue weighted by Gasteiger charge is 2.17. The van der Waals surface area contributed by atoms with E-state index in [9.17, 15) is 0 Å². The van der Waals surface area contributed by atoms with Gasteiger partial charge >= 0.3 is 0 Å². The Morgan fingerprint density at radius 3 is 2.77 bits per heavy atom. The Balaban J connectivity index is 1.77. The number of thioether (sulfide) groups is 1. The Morgan fingerprint density at radius 1 is 1.23 bits per heavy atom. The van der Waals surface area contributed by atoms with Crippen LogP contribution >= 0.6 is 11.8 Å². The third-order valence-electron chi connectivity index (χ3n) is 3.08. The molecule has 0 unspecified atom stereocenters. The van der Waals surface area contributed by atoms with Gasteiger partial charge in [-0.2, -0.15) is 5.26 Å². The van der Waals surface area contributed by atoms with Gasteiger partial charge in [-0.15, -0.1) is 11.8 Å². The van der Waals surface area contributed by atoms with Gasteiger partial charge in [0.05, 0.1) is 18.7 Å². The zero-order valence-corrected chi connectivity index (χ0v) is 12.7. The number of aromatic nitrogens is 1. The van der Waals surface area contributed by atoms with Crippen molar-refractivity contribution < 1.29 is 9.47 Å². The van der Waals surface area contributed by atoms with Crippen molar-refractivity contribution in [1.29, 1.82) is 5.26 Å². The molecule has 5 nitrogen and oxygen atoms in total. The highest BCUT2D eigenvalue weighted by atomic mass is 32.2. The molecular formula is C16H13N3O2S. The summed E-state index contributed by atoms with van der Waals surface area (Å²) < 4.78 is 10.8. The van der Waals surface area contributed by atoms with Crippen molar-refractivity contribution in [3.63, 3.8) is 0 Å². The van der Waals surface area contributed by atoms with Crippen LogP contribution in [-0.4, -0.2) is 22.9 Å². The zero-order chi connectivity index (χ0) is 15.4. The molecule has 2 heterocycles. The summed E-state index contributed by atoms with van der Waals surface area (Å²) in [6.45, 7) is 0. The predicted molar refractivity (Wildman–Crippen MR) is 84.8 cm³/mol. The van der Waals surface area contributed by atoms with E-state index in [-0.39, 0.29) is 0 Å². The molecule has 0 spiro atoms. The molecule has 0 saturated heterocycles. The number of rotatable bonds is 4. The Labute approximate surface area is 132 Å². The van der Waals surface area contributed by atoms with Crippen molar-refractivity contribution in [1.82, 2.24) is 9.88 Å². The lowest BCUT2D eigenvalue weighted by atomic mass is 10.1. The Hall–Kier alpha value is -2.65. The fourth-order valence-corrected chi connectivity index (χ4v) is 2.70. The highest BCUT2D eigenvalue weighted by molar-refractivity contribution is 8.02. The van der Waals surface area contributed by atoms with Crippen molar-refractivity contribution in [2.45, 2.75) is 0 Å². The highest BCUT2D eigenvalue weighted by Crippen LogP contribution is 2.27. The SMILES string of the molecule is COc1cccc(-c2ccc(OC3=CSCN3C#N)cc2)n1. The van der Waals surface area contributed by atoms with Crippen molar-refractivity contribution in [3.05, 3.63) is 53.8 Å². The first-order valence-corrected chi connectivity index (χ1v) is 7.63. The van der Waals surface area contributed by atoms with E-state index in [0.29, 0.717) is 23.4 Å². The quantitative estimate of drug-likeness (QED) is 0.806. The van der Waals surface area contributed by atoms with Gasteiger partial charge in [0, 0.05) is 17.0 Å². The van der Waals surface area contributed by atoms with Gasteiger partial charge in [-0.3, -0.25) is 0 Å². The molecule has 0 amide bonds. The van der Waals surface area contributed by atoms with Gasteiger partial charge in [-0.25, -0.2) is 9.88 Å². The van der Waals surface area contributed by atoms with E-state index in [1.54, 1.807) is 7.11 Å². The van der Waals surface area contributed by atoms with Crippen LogP contribution in [0.4, 0.5) is 0 Å². The summed E-state index contributed by atoms with van der Waals surface area (Å²) in [4.78, 5) is 5.89. The van der Waals surface area contributed by atoms with E-state index in [0.717, 1.165) is 11.3 Å². The number of nitrogens with zero attached hydrogens (tertiary/aromatic N) is 3. The fourth-order valence-electron chi connectivity index (χ4n) is 1.97. The molecule has 1 aromatic carbocycles. The molecule has 0 N–H and O–H groups in total. The first-order valence-electron chi connectivity index (χ1n) is 6.58. The minimum atomic E-state index is 0.555. The summed E-state index contributed by atoms with van der Waals surface area (Å²) in [5.41, 5.74) is 1.80. The van der Waals surface area contributed by atoms with Crippen LogP contribution < -0.4 is 9.47 Å². The maximum absolute atomic E-state index is 8.98. The molecule has 0 fully saturated rings. The summed E-state index contributed by atoms with van der Waals surface area (Å²) in [6, 6.07) is 13.2. The number of benzene rings is 1. The number of hydrogen-bond acceptors (Lipinski definition) is 6. The Kier molecular flexibility index (Phi) is 4.17. The number of nitriles is 1. The summed E-state index contributed by atoms with van der Waals surface area (Å²) >= 11 is 1.53. The van der Waals surface area contributed by atoms with Crippen molar-refractivity contribution >= 4 is 11.8 Å². The topological polar surface area (TPSA) is 58.4 Å². The van der Waals surface area contributed by atoms with Crippen molar-refractivity contribution in [2.24, 2.45) is 0 Å². The number of hydrogen-bond donors (Lipinski definition) is 0. The predicted octanol–water partition coefficient (Wildman–Crippen LogP) is 3.42. The second-order valence-electron chi connectivity index (χ2n) is 4.47. The van der Waals surface area contributed by atoms with Gasteiger partial charge in [0.15, 0.2) is 6.19 Å². The van der Waals surface area contributed by atoms with E-state index < -0.39 is 0 Å². The molecule has 0 aliphatic carbocycles. The van der Waals surface area contributed by atoms with Gasteiger partial charge in [0.2, 0.25) is 11.8 Å². The zero-order valence-electron chi connectivity index (χ0n) is 11.9. The molecule has 0 saturated carbocycles. The molecule has 0 bridgehead atoms. The summed E-state index contributed by atoms with van der Waals surface area (Å²) in [7, 11) is 1.59. The minimum Gasteiger partial charge on any atom is -0.481 e. The number of methoxy groups -OCH3 is 1. The summed E-state index contributed by atoms with van der Waals surface area (Å²) in [5.74, 6) is 2.41. The van der Waals surface area contributed by atoms with E-state index in [1.807, 2.05) is 47.9 Å². The van der Waals surface area contributed by atoms with Gasteiger partial charge in [-0.1, -0.05) is 6.07 Å². The molecule has 6 heteroatoms. The van der Waals surface area contributed by atoms with Crippen LogP contribution in [0.1, 0.15) is 0 Å². The molecule has 1 aliphatic rings. The van der Waals surface area contributed by atoms with Gasteiger partial charge in [0.1, 0.15) is 5.75 Å². The van der Waals surface area contributed by atoms with Crippen LogP contribution in [0.5, 0.6) is 11.6 Å². The number of pyridine rings is 1. The average molecular weight is 311 g/mol. The largest absolute Gasteiger partial charge is 0.481 e. The Morgan fingerprint density at radius 2 is 2.05 bits per heavy atom. The van der Waals surface area contributed by atoms with Crippen LogP contribution in [0.2, 0.25) is 0 Å². The number of ether oxygens (including phenoxy) is 2. The first-order chi connectivity index (χ1) is 10.8. The van der Waals surface area contributed by atoms with E-state index in [4.69, 9.17) is 14.7 Å². The lowest BCUT2D eigenvalue weighted by Gasteiger charge is -2.12. The summed E-state index contributed by atoms with van der Waals surface area (Å²) in [5, 5.41) is 10.8. The first kappa shape index (κ1) is 14.3. The molecular weight excluding hydrogens is 298 g/mol. The monoisotopic (exact) mass is 311 g/mol. The molecule has 110 valence electrons. The lowest BCUT2D eigenvalue weighted by Crippen LogP contribution is -2.15. The van der Waals surface area contributed by atoms with E-state index in [2.05, 4.69) is 11.2 Å². The lowest BCUT2D eigenvalue weighted by molar-refractivity contribution is 0.308. The molecule has 22 heavy (non-hydrogen) atoms. The van der Waals surface area contributed by atoms with E-state index >= 15 is 0 Å². The average Bonchev–Trinajstić information content (AvgIpc) is 3.03. The molecule has 1 aromatic heterocycles. The fraction of sp³-hybridized carbons (Fsp3) is 0.125. The van der Waals surface area contributed by atoms with E-state index in [1.165, 1.54) is 16.7 Å². The smallest absolute Gasteiger partial charge is 0.216 e. The molecule has 2 aromatic rings. The van der Waals surface area contributed by atoms with Crippen LogP contribution in [0.25, 0.3) is 11.3 Å². The second kappa shape index (κ2) is 6.41. The van der Waals surface area contributed by atoms with Gasteiger partial charge in [-0.05, 0) is 30.3 Å². The minimum absolute atomic E-state index is 0.555. The van der Waals surface area contributed by atoms with Crippen LogP contribution in [-0.2, 0) is 0 Å². The van der Waals surface area contributed by atoms with Crippen LogP contribution in [0.15, 0.2) is 53.8 Å². The van der Waals surface area contributed by atoms with Crippen molar-refractivity contribution in [2.75, 3.05) is 13.0 Å². The third-order valence-corrected chi connectivity index (χ3v) is 3.86.